The van der Waals surface area contributed by atoms with Crippen LogP contribution in [0, 0.1) is 5.82 Å². The van der Waals surface area contributed by atoms with E-state index in [9.17, 15) is 17.6 Å². The van der Waals surface area contributed by atoms with E-state index in [4.69, 9.17) is 5.73 Å². The van der Waals surface area contributed by atoms with E-state index in [1.54, 1.807) is 4.90 Å². The van der Waals surface area contributed by atoms with Crippen molar-refractivity contribution in [3.05, 3.63) is 24.0 Å². The lowest BCUT2D eigenvalue weighted by Gasteiger charge is -2.20. The van der Waals surface area contributed by atoms with Gasteiger partial charge in [-0.05, 0) is 31.0 Å². The summed E-state index contributed by atoms with van der Waals surface area (Å²) < 4.78 is 37.7. The van der Waals surface area contributed by atoms with Gasteiger partial charge in [0.15, 0.2) is 9.84 Å². The number of amides is 1. The van der Waals surface area contributed by atoms with E-state index in [0.29, 0.717) is 13.1 Å². The predicted octanol–water partition coefficient (Wildman–Crippen LogP) is 1.58. The van der Waals surface area contributed by atoms with Crippen LogP contribution in [0.2, 0.25) is 0 Å². The van der Waals surface area contributed by atoms with Crippen molar-refractivity contribution < 1.29 is 17.6 Å². The molecule has 1 fully saturated rings. The first-order valence-electron chi connectivity index (χ1n) is 6.96. The zero-order chi connectivity index (χ0) is 15.5. The second-order valence-electron chi connectivity index (χ2n) is 5.24. The molecule has 0 bridgehead atoms. The summed E-state index contributed by atoms with van der Waals surface area (Å²) in [7, 11) is -3.85. The largest absolute Gasteiger partial charge is 0.396 e. The minimum atomic E-state index is -3.85. The Morgan fingerprint density at radius 3 is 2.38 bits per heavy atom. The average Bonchev–Trinajstić information content (AvgIpc) is 2.70. The molecule has 0 aliphatic carbocycles. The number of rotatable bonds is 3. The molecule has 2 N–H and O–H groups in total. The monoisotopic (exact) mass is 314 g/mol. The van der Waals surface area contributed by atoms with E-state index >= 15 is 0 Å². The maximum absolute atomic E-state index is 13.4. The van der Waals surface area contributed by atoms with Crippen molar-refractivity contribution in [3.63, 3.8) is 0 Å². The number of hydrogen-bond donors (Lipinski definition) is 1. The maximum atomic E-state index is 13.4. The Balaban J connectivity index is 2.12. The number of carbonyl (C=O) groups is 1. The van der Waals surface area contributed by atoms with Crippen LogP contribution >= 0.6 is 0 Å². The van der Waals surface area contributed by atoms with Gasteiger partial charge in [0, 0.05) is 13.1 Å². The van der Waals surface area contributed by atoms with Crippen LogP contribution in [0.5, 0.6) is 0 Å². The van der Waals surface area contributed by atoms with Gasteiger partial charge in [-0.3, -0.25) is 4.79 Å². The summed E-state index contributed by atoms with van der Waals surface area (Å²) in [5.41, 5.74) is 5.20. The van der Waals surface area contributed by atoms with Crippen LogP contribution in [0.3, 0.4) is 0 Å². The average molecular weight is 314 g/mol. The molecule has 0 atom stereocenters. The molecule has 0 spiro atoms. The number of likely N-dealkylation sites (tertiary alicyclic amines) is 1. The molecule has 2 rings (SSSR count). The number of sulfone groups is 1. The SMILES string of the molecule is Nc1ccc(S(=O)(=O)CC(=O)N2CCCCCC2)cc1F. The number of halogens is 1. The quantitative estimate of drug-likeness (QED) is 0.859. The molecule has 0 radical (unpaired) electrons. The van der Waals surface area contributed by atoms with Crippen molar-refractivity contribution in [2.75, 3.05) is 24.6 Å². The molecule has 116 valence electrons. The van der Waals surface area contributed by atoms with Crippen LogP contribution in [0.15, 0.2) is 23.1 Å². The summed E-state index contributed by atoms with van der Waals surface area (Å²) in [6, 6.07) is 3.28. The molecule has 1 heterocycles. The summed E-state index contributed by atoms with van der Waals surface area (Å²) in [5.74, 6) is -1.84. The van der Waals surface area contributed by atoms with Crippen molar-refractivity contribution >= 4 is 21.4 Å². The first-order chi connectivity index (χ1) is 9.90. The van der Waals surface area contributed by atoms with Crippen LogP contribution in [0.25, 0.3) is 0 Å². The van der Waals surface area contributed by atoms with E-state index in [0.717, 1.165) is 31.7 Å². The van der Waals surface area contributed by atoms with E-state index in [1.807, 2.05) is 0 Å². The van der Waals surface area contributed by atoms with E-state index in [2.05, 4.69) is 0 Å². The Bertz CT molecular complexity index is 623. The first kappa shape index (κ1) is 15.8. The second kappa shape index (κ2) is 6.43. The highest BCUT2D eigenvalue weighted by atomic mass is 32.2. The van der Waals surface area contributed by atoms with Crippen LogP contribution in [0.1, 0.15) is 25.7 Å². The number of nitrogens with zero attached hydrogens (tertiary/aromatic N) is 1. The van der Waals surface area contributed by atoms with E-state index < -0.39 is 27.3 Å². The van der Waals surface area contributed by atoms with Crippen molar-refractivity contribution in [2.45, 2.75) is 30.6 Å². The lowest BCUT2D eigenvalue weighted by Crippen LogP contribution is -2.36. The molecule has 0 saturated carbocycles. The zero-order valence-electron chi connectivity index (χ0n) is 11.7. The molecule has 1 aliphatic heterocycles. The molecule has 21 heavy (non-hydrogen) atoms. The summed E-state index contributed by atoms with van der Waals surface area (Å²) in [6.45, 7) is 1.18. The Morgan fingerprint density at radius 2 is 1.81 bits per heavy atom. The normalized spacial score (nSPS) is 16.5. The zero-order valence-corrected chi connectivity index (χ0v) is 12.5. The van der Waals surface area contributed by atoms with Crippen LogP contribution in [0.4, 0.5) is 10.1 Å². The molecule has 0 unspecified atom stereocenters. The smallest absolute Gasteiger partial charge is 0.238 e. The Kier molecular flexibility index (Phi) is 4.82. The standard InChI is InChI=1S/C14H19FN2O3S/c15-12-9-11(5-6-13(12)16)21(19,20)10-14(18)17-7-3-1-2-4-8-17/h5-6,9H,1-4,7-8,10,16H2. The number of anilines is 1. The van der Waals surface area contributed by atoms with Crippen molar-refractivity contribution in [3.8, 4) is 0 Å². The first-order valence-corrected chi connectivity index (χ1v) is 8.61. The van der Waals surface area contributed by atoms with Crippen LogP contribution < -0.4 is 5.73 Å². The van der Waals surface area contributed by atoms with Gasteiger partial charge in [0.25, 0.3) is 0 Å². The molecule has 0 aromatic heterocycles. The predicted molar refractivity (Wildman–Crippen MR) is 77.9 cm³/mol. The molecule has 1 saturated heterocycles. The number of nitrogen functional groups attached to an aromatic ring is 1. The van der Waals surface area contributed by atoms with Crippen LogP contribution in [-0.2, 0) is 14.6 Å². The number of hydrogen-bond acceptors (Lipinski definition) is 4. The van der Waals surface area contributed by atoms with Crippen molar-refractivity contribution in [2.24, 2.45) is 0 Å². The summed E-state index contributed by atoms with van der Waals surface area (Å²) >= 11 is 0. The minimum absolute atomic E-state index is 0.118. The lowest BCUT2D eigenvalue weighted by molar-refractivity contribution is -0.128. The van der Waals surface area contributed by atoms with Gasteiger partial charge in [-0.1, -0.05) is 12.8 Å². The van der Waals surface area contributed by atoms with Gasteiger partial charge in [0.2, 0.25) is 5.91 Å². The molecule has 7 heteroatoms. The topological polar surface area (TPSA) is 80.5 Å². The van der Waals surface area contributed by atoms with Gasteiger partial charge in [0.1, 0.15) is 11.6 Å². The highest BCUT2D eigenvalue weighted by Gasteiger charge is 2.24. The van der Waals surface area contributed by atoms with Gasteiger partial charge in [-0.15, -0.1) is 0 Å². The summed E-state index contributed by atoms with van der Waals surface area (Å²) in [4.78, 5) is 13.5. The number of carbonyl (C=O) groups excluding carboxylic acids is 1. The van der Waals surface area contributed by atoms with Crippen molar-refractivity contribution in [1.82, 2.24) is 4.90 Å². The molecule has 1 aromatic carbocycles. The molecular weight excluding hydrogens is 295 g/mol. The van der Waals surface area contributed by atoms with Gasteiger partial charge in [-0.25, -0.2) is 12.8 Å². The minimum Gasteiger partial charge on any atom is -0.396 e. The molecule has 1 amide bonds. The number of nitrogens with two attached hydrogens (primary N) is 1. The molecule has 1 aromatic rings. The third-order valence-electron chi connectivity index (χ3n) is 3.60. The fraction of sp³-hybridized carbons (Fsp3) is 0.500. The van der Waals surface area contributed by atoms with E-state index in [1.165, 1.54) is 12.1 Å². The highest BCUT2D eigenvalue weighted by Crippen LogP contribution is 2.18. The fourth-order valence-corrected chi connectivity index (χ4v) is 3.59. The third kappa shape index (κ3) is 3.93. The van der Waals surface area contributed by atoms with Crippen LogP contribution in [-0.4, -0.2) is 38.1 Å². The third-order valence-corrected chi connectivity index (χ3v) is 5.20. The van der Waals surface area contributed by atoms with Gasteiger partial charge in [-0.2, -0.15) is 0 Å². The summed E-state index contributed by atoms with van der Waals surface area (Å²) in [5, 5.41) is 0. The fourth-order valence-electron chi connectivity index (χ4n) is 2.36. The van der Waals surface area contributed by atoms with Gasteiger partial charge in [0.05, 0.1) is 10.6 Å². The molecule has 5 nitrogen and oxygen atoms in total. The van der Waals surface area contributed by atoms with Gasteiger partial charge >= 0.3 is 0 Å². The number of benzene rings is 1. The Morgan fingerprint density at radius 1 is 1.19 bits per heavy atom. The van der Waals surface area contributed by atoms with Crippen molar-refractivity contribution in [1.29, 1.82) is 0 Å². The second-order valence-corrected chi connectivity index (χ2v) is 7.23. The highest BCUT2D eigenvalue weighted by molar-refractivity contribution is 7.92. The molecule has 1 aliphatic rings. The summed E-state index contributed by atoms with van der Waals surface area (Å²) in [6.07, 6.45) is 3.89. The lowest BCUT2D eigenvalue weighted by atomic mass is 10.2. The molecular formula is C14H19FN2O3S. The Labute approximate surface area is 123 Å². The van der Waals surface area contributed by atoms with Gasteiger partial charge < -0.3 is 10.6 Å². The maximum Gasteiger partial charge on any atom is 0.238 e. The van der Waals surface area contributed by atoms with E-state index in [-0.39, 0.29) is 10.6 Å². The Hall–Kier alpha value is -1.63.